The molecule has 0 amide bonds. The van der Waals surface area contributed by atoms with Gasteiger partial charge in [0, 0.05) is 6.20 Å². The average Bonchev–Trinajstić information content (AvgIpc) is 2.17. The molecule has 0 fully saturated rings. The molecule has 4 heteroatoms. The molecule has 1 unspecified atom stereocenters. The summed E-state index contributed by atoms with van der Waals surface area (Å²) < 4.78 is 0. The Morgan fingerprint density at radius 3 is 2.77 bits per heavy atom. The first kappa shape index (κ1) is 9.41. The molecular weight excluding hydrogens is 168 g/mol. The number of hydrogen-bond donors (Lipinski definition) is 2. The van der Waals surface area contributed by atoms with Crippen LogP contribution in [0.4, 0.5) is 0 Å². The van der Waals surface area contributed by atoms with Crippen molar-refractivity contribution in [1.82, 2.24) is 4.98 Å². The van der Waals surface area contributed by atoms with Gasteiger partial charge in [0.2, 0.25) is 0 Å². The molecule has 1 atom stereocenters. The largest absolute Gasteiger partial charge is 0.478 e. The fourth-order valence-electron chi connectivity index (χ4n) is 0.850. The molecule has 0 aromatic carbocycles. The van der Waals surface area contributed by atoms with E-state index in [0.29, 0.717) is 5.69 Å². The first-order valence-corrected chi connectivity index (χ1v) is 3.72. The lowest BCUT2D eigenvalue weighted by molar-refractivity contribution is 0.0696. The fourth-order valence-corrected chi connectivity index (χ4v) is 0.850. The van der Waals surface area contributed by atoms with Crippen LogP contribution in [0.2, 0.25) is 0 Å². The predicted molar refractivity (Wildman–Crippen MR) is 48.3 cm³/mol. The van der Waals surface area contributed by atoms with Crippen LogP contribution in [0.5, 0.6) is 0 Å². The van der Waals surface area contributed by atoms with Crippen molar-refractivity contribution < 1.29 is 9.90 Å². The van der Waals surface area contributed by atoms with Crippen molar-refractivity contribution in [3.63, 3.8) is 0 Å². The van der Waals surface area contributed by atoms with E-state index >= 15 is 0 Å². The number of rotatable bonds is 3. The number of aromatic carboxylic acids is 1. The van der Waals surface area contributed by atoms with Crippen LogP contribution in [-0.2, 0) is 0 Å². The quantitative estimate of drug-likeness (QED) is 0.676. The third-order valence-corrected chi connectivity index (χ3v) is 1.63. The van der Waals surface area contributed by atoms with E-state index in [1.165, 1.54) is 12.3 Å². The summed E-state index contributed by atoms with van der Waals surface area (Å²) in [5.74, 6) is -0.994. The molecule has 1 rings (SSSR count). The van der Waals surface area contributed by atoms with Gasteiger partial charge in [0.25, 0.3) is 0 Å². The number of nitrogens with zero attached hydrogens (tertiary/aromatic N) is 1. The van der Waals surface area contributed by atoms with Crippen molar-refractivity contribution in [3.05, 3.63) is 42.2 Å². The molecule has 3 N–H and O–H groups in total. The molecule has 0 spiro atoms. The maximum atomic E-state index is 10.5. The maximum Gasteiger partial charge on any atom is 0.337 e. The summed E-state index contributed by atoms with van der Waals surface area (Å²) in [7, 11) is 0. The van der Waals surface area contributed by atoms with E-state index in [2.05, 4.69) is 11.6 Å². The Labute approximate surface area is 75.7 Å². The number of carboxylic acid groups (broad SMARTS) is 1. The Balaban J connectivity index is 2.93. The topological polar surface area (TPSA) is 76.2 Å². The van der Waals surface area contributed by atoms with Crippen LogP contribution in [-0.4, -0.2) is 16.1 Å². The molecule has 0 bridgehead atoms. The van der Waals surface area contributed by atoms with Crippen molar-refractivity contribution in [2.24, 2.45) is 5.73 Å². The highest BCUT2D eigenvalue weighted by Gasteiger charge is 2.05. The number of pyridine rings is 1. The van der Waals surface area contributed by atoms with Gasteiger partial charge in [0.15, 0.2) is 0 Å². The van der Waals surface area contributed by atoms with Crippen molar-refractivity contribution >= 4 is 5.97 Å². The minimum absolute atomic E-state index is 0.153. The van der Waals surface area contributed by atoms with Crippen LogP contribution in [0.15, 0.2) is 31.0 Å². The Kier molecular flexibility index (Phi) is 2.76. The van der Waals surface area contributed by atoms with Crippen molar-refractivity contribution in [1.29, 1.82) is 0 Å². The lowest BCUT2D eigenvalue weighted by atomic mass is 10.2. The van der Waals surface area contributed by atoms with Crippen LogP contribution >= 0.6 is 0 Å². The summed E-state index contributed by atoms with van der Waals surface area (Å²) in [6.07, 6.45) is 2.82. The summed E-state index contributed by atoms with van der Waals surface area (Å²) in [4.78, 5) is 14.4. The zero-order valence-electron chi connectivity index (χ0n) is 6.97. The number of nitrogens with two attached hydrogens (primary N) is 1. The van der Waals surface area contributed by atoms with E-state index in [4.69, 9.17) is 10.8 Å². The standard InChI is InChI=1S/C9H10N2O2/c1-2-7(10)8-4-3-6(5-11-8)9(12)13/h2-5,7H,1,10H2,(H,12,13). The van der Waals surface area contributed by atoms with Gasteiger partial charge in [0.1, 0.15) is 0 Å². The Morgan fingerprint density at radius 1 is 1.69 bits per heavy atom. The Morgan fingerprint density at radius 2 is 2.38 bits per heavy atom. The van der Waals surface area contributed by atoms with Gasteiger partial charge < -0.3 is 10.8 Å². The molecular formula is C9H10N2O2. The minimum atomic E-state index is -0.994. The molecule has 0 radical (unpaired) electrons. The number of hydrogen-bond acceptors (Lipinski definition) is 3. The highest BCUT2D eigenvalue weighted by Crippen LogP contribution is 2.08. The van der Waals surface area contributed by atoms with Crippen LogP contribution in [0.1, 0.15) is 22.1 Å². The summed E-state index contributed by atoms with van der Waals surface area (Å²) >= 11 is 0. The first-order valence-electron chi connectivity index (χ1n) is 3.72. The van der Waals surface area contributed by atoms with Crippen molar-refractivity contribution in [2.75, 3.05) is 0 Å². The molecule has 4 nitrogen and oxygen atoms in total. The van der Waals surface area contributed by atoms with Gasteiger partial charge in [-0.15, -0.1) is 6.58 Å². The third-order valence-electron chi connectivity index (χ3n) is 1.63. The number of carbonyl (C=O) groups is 1. The van der Waals surface area contributed by atoms with Crippen molar-refractivity contribution in [2.45, 2.75) is 6.04 Å². The zero-order valence-corrected chi connectivity index (χ0v) is 6.97. The second-order valence-electron chi connectivity index (χ2n) is 2.54. The van der Waals surface area contributed by atoms with E-state index in [0.717, 1.165) is 0 Å². The van der Waals surface area contributed by atoms with E-state index in [1.54, 1.807) is 12.1 Å². The smallest absolute Gasteiger partial charge is 0.337 e. The summed E-state index contributed by atoms with van der Waals surface area (Å²) in [6.45, 7) is 3.51. The first-order chi connectivity index (χ1) is 6.15. The van der Waals surface area contributed by atoms with Gasteiger partial charge in [-0.1, -0.05) is 6.08 Å². The highest BCUT2D eigenvalue weighted by molar-refractivity contribution is 5.87. The average molecular weight is 178 g/mol. The second-order valence-corrected chi connectivity index (χ2v) is 2.54. The summed E-state index contributed by atoms with van der Waals surface area (Å²) in [5, 5.41) is 8.58. The molecule has 0 aliphatic carbocycles. The monoisotopic (exact) mass is 178 g/mol. The fraction of sp³-hybridized carbons (Fsp3) is 0.111. The predicted octanol–water partition coefficient (Wildman–Crippen LogP) is 0.966. The van der Waals surface area contributed by atoms with Gasteiger partial charge in [-0.25, -0.2) is 4.79 Å². The van der Waals surface area contributed by atoms with E-state index in [1.807, 2.05) is 0 Å². The molecule has 1 aromatic rings. The number of carboxylic acids is 1. The molecule has 0 saturated heterocycles. The second kappa shape index (κ2) is 3.82. The molecule has 68 valence electrons. The zero-order chi connectivity index (χ0) is 9.84. The van der Waals surface area contributed by atoms with Crippen LogP contribution in [0.25, 0.3) is 0 Å². The van der Waals surface area contributed by atoms with E-state index in [-0.39, 0.29) is 11.6 Å². The maximum absolute atomic E-state index is 10.5. The molecule has 13 heavy (non-hydrogen) atoms. The van der Waals surface area contributed by atoms with Crippen molar-refractivity contribution in [3.8, 4) is 0 Å². The third kappa shape index (κ3) is 2.13. The van der Waals surface area contributed by atoms with E-state index < -0.39 is 5.97 Å². The lowest BCUT2D eigenvalue weighted by Crippen LogP contribution is -2.09. The molecule has 0 saturated carbocycles. The van der Waals surface area contributed by atoms with Gasteiger partial charge in [0.05, 0.1) is 17.3 Å². The van der Waals surface area contributed by atoms with Gasteiger partial charge in [-0.3, -0.25) is 4.98 Å². The molecule has 0 aliphatic heterocycles. The van der Waals surface area contributed by atoms with Crippen LogP contribution in [0, 0.1) is 0 Å². The molecule has 1 aromatic heterocycles. The van der Waals surface area contributed by atoms with Gasteiger partial charge in [-0.05, 0) is 12.1 Å². The summed E-state index contributed by atoms with van der Waals surface area (Å²) in [5.41, 5.74) is 6.36. The van der Waals surface area contributed by atoms with Crippen LogP contribution < -0.4 is 5.73 Å². The van der Waals surface area contributed by atoms with E-state index in [9.17, 15) is 4.79 Å². The molecule has 1 heterocycles. The Hall–Kier alpha value is -1.68. The minimum Gasteiger partial charge on any atom is -0.478 e. The highest BCUT2D eigenvalue weighted by atomic mass is 16.4. The SMILES string of the molecule is C=CC(N)c1ccc(C(=O)O)cn1. The lowest BCUT2D eigenvalue weighted by Gasteiger charge is -2.04. The Bertz CT molecular complexity index is 319. The van der Waals surface area contributed by atoms with Crippen LogP contribution in [0.3, 0.4) is 0 Å². The molecule has 0 aliphatic rings. The number of aromatic nitrogens is 1. The van der Waals surface area contributed by atoms with Gasteiger partial charge >= 0.3 is 5.97 Å². The normalized spacial score (nSPS) is 12.1. The van der Waals surface area contributed by atoms with Gasteiger partial charge in [-0.2, -0.15) is 0 Å². The summed E-state index contributed by atoms with van der Waals surface area (Å²) in [6, 6.07) is 2.70.